The van der Waals surface area contributed by atoms with E-state index in [4.69, 9.17) is 4.74 Å². The van der Waals surface area contributed by atoms with Crippen molar-refractivity contribution >= 4 is 33.3 Å². The number of ether oxygens (including phenoxy) is 1. The smallest absolute Gasteiger partial charge is 0.323 e. The maximum atomic E-state index is 13.6. The molecule has 3 aromatic rings. The van der Waals surface area contributed by atoms with Crippen molar-refractivity contribution in [2.24, 2.45) is 13.0 Å². The van der Waals surface area contributed by atoms with Crippen molar-refractivity contribution in [2.45, 2.75) is 31.0 Å². The number of carbonyl (C=O) groups is 2. The fraction of sp³-hybridized carbons (Fsp3) is 0.370. The Kier molecular flexibility index (Phi) is 8.95. The van der Waals surface area contributed by atoms with Gasteiger partial charge in [-0.2, -0.15) is 4.31 Å². The fourth-order valence-corrected chi connectivity index (χ4v) is 5.55. The molecule has 0 bridgehead atoms. The van der Waals surface area contributed by atoms with Gasteiger partial charge in [-0.25, -0.2) is 22.6 Å². The Bertz CT molecular complexity index is 1510. The van der Waals surface area contributed by atoms with Gasteiger partial charge in [0.25, 0.3) is 15.9 Å². The molecule has 0 aliphatic carbocycles. The summed E-state index contributed by atoms with van der Waals surface area (Å²) < 4.78 is 48.7. The van der Waals surface area contributed by atoms with Crippen LogP contribution < -0.4 is 15.4 Å². The Balaban J connectivity index is 1.68. The minimum Gasteiger partial charge on any atom is -0.486 e. The van der Waals surface area contributed by atoms with Crippen LogP contribution >= 0.6 is 0 Å². The number of rotatable bonds is 8. The normalized spacial score (nSPS) is 18.2. The highest BCUT2D eigenvalue weighted by atomic mass is 32.2. The van der Waals surface area contributed by atoms with Gasteiger partial charge in [-0.05, 0) is 43.3 Å². The third-order valence-electron chi connectivity index (χ3n) is 6.83. The molecular formula is C27H33FN6O6S. The summed E-state index contributed by atoms with van der Waals surface area (Å²) in [4.78, 5) is 31.9. The molecule has 0 saturated heterocycles. The van der Waals surface area contributed by atoms with Crippen molar-refractivity contribution in [3.8, 4) is 5.75 Å². The molecule has 220 valence electrons. The van der Waals surface area contributed by atoms with Crippen LogP contribution in [0.15, 0.2) is 60.0 Å². The average molecular weight is 589 g/mol. The predicted molar refractivity (Wildman–Crippen MR) is 150 cm³/mol. The number of fused-ring (bicyclic) bond motifs is 1. The summed E-state index contributed by atoms with van der Waals surface area (Å²) in [5.74, 6) is -1.20. The number of aliphatic hydroxyl groups is 1. The third kappa shape index (κ3) is 6.66. The Morgan fingerprint density at radius 3 is 2.59 bits per heavy atom. The Morgan fingerprint density at radius 2 is 1.95 bits per heavy atom. The lowest BCUT2D eigenvalue weighted by Crippen LogP contribution is -2.50. The maximum absolute atomic E-state index is 13.6. The lowest BCUT2D eigenvalue weighted by atomic mass is 9.99. The number of likely N-dealkylation sites (N-methyl/N-ethyl adjacent to an activating group) is 1. The van der Waals surface area contributed by atoms with Crippen LogP contribution in [0.1, 0.15) is 24.2 Å². The molecule has 3 amide bonds. The first kappa shape index (κ1) is 30.0. The van der Waals surface area contributed by atoms with Crippen molar-refractivity contribution in [3.05, 3.63) is 66.4 Å². The second kappa shape index (κ2) is 12.2. The zero-order valence-corrected chi connectivity index (χ0v) is 23.9. The van der Waals surface area contributed by atoms with Gasteiger partial charge in [-0.1, -0.05) is 13.0 Å². The molecule has 1 aromatic heterocycles. The Morgan fingerprint density at radius 1 is 1.24 bits per heavy atom. The van der Waals surface area contributed by atoms with Crippen LogP contribution in [0, 0.1) is 11.7 Å². The van der Waals surface area contributed by atoms with Gasteiger partial charge >= 0.3 is 6.03 Å². The van der Waals surface area contributed by atoms with E-state index in [0.717, 1.165) is 4.31 Å². The topological polar surface area (TPSA) is 146 Å². The maximum Gasteiger partial charge on any atom is 0.323 e. The number of hydrogen-bond acceptors (Lipinski definition) is 7. The zero-order chi connectivity index (χ0) is 29.9. The van der Waals surface area contributed by atoms with E-state index in [0.29, 0.717) is 5.69 Å². The van der Waals surface area contributed by atoms with Gasteiger partial charge in [-0.3, -0.25) is 4.79 Å². The molecule has 3 N–H and O–H groups in total. The van der Waals surface area contributed by atoms with Crippen LogP contribution in [0.5, 0.6) is 5.75 Å². The number of anilines is 2. The quantitative estimate of drug-likeness (QED) is 0.367. The minimum absolute atomic E-state index is 0.0575. The van der Waals surface area contributed by atoms with E-state index in [1.807, 2.05) is 6.92 Å². The first-order valence-electron chi connectivity index (χ1n) is 12.9. The number of imidazole rings is 1. The monoisotopic (exact) mass is 588 g/mol. The van der Waals surface area contributed by atoms with E-state index in [1.54, 1.807) is 32.2 Å². The first-order chi connectivity index (χ1) is 19.4. The first-order valence-corrected chi connectivity index (χ1v) is 14.3. The SMILES string of the molecule is C[C@H](CO)N1C[C@H](C)[C@H](CN(C)S(=O)(=O)c2cn(C)cn2)Oc2c(NC(=O)Nc3ccc(F)cc3)cccc2C1=O. The van der Waals surface area contributed by atoms with Gasteiger partial charge in [-0.15, -0.1) is 0 Å². The largest absolute Gasteiger partial charge is 0.486 e. The molecule has 0 radical (unpaired) electrons. The van der Waals surface area contributed by atoms with Crippen LogP contribution in [0.3, 0.4) is 0 Å². The third-order valence-corrected chi connectivity index (χ3v) is 8.54. The molecule has 41 heavy (non-hydrogen) atoms. The van der Waals surface area contributed by atoms with Crippen LogP contribution in [-0.4, -0.2) is 83.1 Å². The number of carbonyl (C=O) groups excluding carboxylic acids is 2. The second-order valence-corrected chi connectivity index (χ2v) is 12.0. The van der Waals surface area contributed by atoms with Crippen molar-refractivity contribution in [1.82, 2.24) is 18.8 Å². The van der Waals surface area contributed by atoms with Crippen molar-refractivity contribution < 1.29 is 32.2 Å². The molecule has 4 rings (SSSR count). The molecule has 0 fully saturated rings. The van der Waals surface area contributed by atoms with Crippen LogP contribution in [0.4, 0.5) is 20.6 Å². The van der Waals surface area contributed by atoms with Crippen molar-refractivity contribution in [1.29, 1.82) is 0 Å². The van der Waals surface area contributed by atoms with Gasteiger partial charge in [0.05, 0.1) is 36.8 Å². The summed E-state index contributed by atoms with van der Waals surface area (Å²) in [6.45, 7) is 3.33. The number of aliphatic hydroxyl groups excluding tert-OH is 1. The van der Waals surface area contributed by atoms with Gasteiger partial charge in [0.1, 0.15) is 11.9 Å². The summed E-state index contributed by atoms with van der Waals surface area (Å²) in [5, 5.41) is 15.0. The van der Waals surface area contributed by atoms with Crippen LogP contribution in [-0.2, 0) is 17.1 Å². The number of nitrogens with one attached hydrogen (secondary N) is 2. The summed E-state index contributed by atoms with van der Waals surface area (Å²) in [5.41, 5.74) is 0.647. The van der Waals surface area contributed by atoms with E-state index in [1.165, 1.54) is 53.3 Å². The highest BCUT2D eigenvalue weighted by molar-refractivity contribution is 7.89. The number of aromatic nitrogens is 2. The zero-order valence-electron chi connectivity index (χ0n) is 23.1. The lowest BCUT2D eigenvalue weighted by molar-refractivity contribution is 0.0389. The number of aryl methyl sites for hydroxylation is 1. The number of nitrogens with zero attached hydrogens (tertiary/aromatic N) is 4. The number of hydrogen-bond donors (Lipinski definition) is 3. The highest BCUT2D eigenvalue weighted by Crippen LogP contribution is 2.35. The van der Waals surface area contributed by atoms with Gasteiger partial charge in [0.2, 0.25) is 0 Å². The molecule has 2 aromatic carbocycles. The van der Waals surface area contributed by atoms with E-state index >= 15 is 0 Å². The Hall–Kier alpha value is -4.01. The molecule has 1 aliphatic rings. The van der Waals surface area contributed by atoms with Crippen molar-refractivity contribution in [2.75, 3.05) is 37.4 Å². The molecule has 0 unspecified atom stereocenters. The average Bonchev–Trinajstić information content (AvgIpc) is 3.38. The Labute approximate surface area is 237 Å². The summed E-state index contributed by atoms with van der Waals surface area (Å²) in [6, 6.07) is 8.66. The molecule has 14 heteroatoms. The van der Waals surface area contributed by atoms with Crippen LogP contribution in [0.2, 0.25) is 0 Å². The van der Waals surface area contributed by atoms with Crippen LogP contribution in [0.25, 0.3) is 0 Å². The standard InChI is InChI=1S/C27H33FN6O6S/c1-17-12-34(18(2)15-35)26(36)21-6-5-7-22(31-27(37)30-20-10-8-19(28)9-11-20)25(21)40-23(17)13-33(4)41(38,39)24-14-32(3)16-29-24/h5-11,14,16-18,23,35H,12-13,15H2,1-4H3,(H2,30,31,37)/t17-,18+,23-/m0/s1. The number of sulfonamides is 1. The highest BCUT2D eigenvalue weighted by Gasteiger charge is 2.36. The number of amides is 3. The molecule has 2 heterocycles. The predicted octanol–water partition coefficient (Wildman–Crippen LogP) is 2.74. The van der Waals surface area contributed by atoms with E-state index in [-0.39, 0.29) is 47.6 Å². The van der Waals surface area contributed by atoms with Gasteiger partial charge in [0, 0.05) is 38.4 Å². The molecule has 1 aliphatic heterocycles. The number of para-hydroxylation sites is 1. The number of halogens is 1. The molecule has 12 nitrogen and oxygen atoms in total. The van der Waals surface area contributed by atoms with E-state index < -0.39 is 39.9 Å². The van der Waals surface area contributed by atoms with Gasteiger partial charge in [0.15, 0.2) is 10.8 Å². The summed E-state index contributed by atoms with van der Waals surface area (Å²) in [6.07, 6.45) is 2.02. The summed E-state index contributed by atoms with van der Waals surface area (Å²) in [7, 11) is -0.877. The molecule has 0 spiro atoms. The lowest BCUT2D eigenvalue weighted by Gasteiger charge is -2.38. The van der Waals surface area contributed by atoms with Gasteiger partial charge < -0.3 is 29.9 Å². The second-order valence-electron chi connectivity index (χ2n) is 10.1. The summed E-state index contributed by atoms with van der Waals surface area (Å²) >= 11 is 0. The fourth-order valence-electron chi connectivity index (χ4n) is 4.41. The molecule has 0 saturated carbocycles. The van der Waals surface area contributed by atoms with Crippen molar-refractivity contribution in [3.63, 3.8) is 0 Å². The van der Waals surface area contributed by atoms with E-state index in [9.17, 15) is 27.5 Å². The molecular weight excluding hydrogens is 555 g/mol. The van der Waals surface area contributed by atoms with E-state index in [2.05, 4.69) is 15.6 Å². The minimum atomic E-state index is -3.96. The molecule has 3 atom stereocenters. The number of benzene rings is 2. The number of urea groups is 1.